The lowest BCUT2D eigenvalue weighted by atomic mass is 9.52. The van der Waals surface area contributed by atoms with Gasteiger partial charge in [0.25, 0.3) is 0 Å². The number of fused-ring (bicyclic) bond motifs is 6. The molecular weight excluding hydrogens is 1300 g/mol. The molecule has 6 fully saturated rings. The summed E-state index contributed by atoms with van der Waals surface area (Å²) in [5.41, 5.74) is -0.611. The molecule has 0 aromatic heterocycles. The van der Waals surface area contributed by atoms with Gasteiger partial charge in [-0.25, -0.2) is 0 Å². The number of methoxy groups -OCH3 is 6. The summed E-state index contributed by atoms with van der Waals surface area (Å²) in [5, 5.41) is 30.8. The number of benzene rings is 2. The predicted octanol–water partition coefficient (Wildman–Crippen LogP) is 15.1. The number of ether oxygens (including phenoxy) is 8. The number of carbonyl (C=O) groups excluding carboxylic acids is 5. The molecular formula is C86H126O17. The Hall–Kier alpha value is -5.56. The predicted molar refractivity (Wildman–Crippen MR) is 395 cm³/mol. The van der Waals surface area contributed by atoms with Crippen LogP contribution in [0.2, 0.25) is 0 Å². The summed E-state index contributed by atoms with van der Waals surface area (Å²) in [5.74, 6) is 2.55. The minimum Gasteiger partial charge on any atom is -0.497 e. The second kappa shape index (κ2) is 34.6. The molecule has 17 nitrogen and oxygen atoms in total. The maximum atomic E-state index is 14.3. The van der Waals surface area contributed by atoms with Gasteiger partial charge in [0.15, 0.2) is 0 Å². The second-order valence-corrected chi connectivity index (χ2v) is 33.6. The molecule has 0 amide bonds. The number of aldehydes is 3. The first-order valence-electron chi connectivity index (χ1n) is 39.0. The van der Waals surface area contributed by atoms with Crippen LogP contribution >= 0.6 is 0 Å². The van der Waals surface area contributed by atoms with E-state index in [9.17, 15) is 44.1 Å². The van der Waals surface area contributed by atoms with E-state index in [-0.39, 0.29) is 109 Å². The molecule has 2 aromatic rings. The van der Waals surface area contributed by atoms with Crippen LogP contribution in [0, 0.1) is 121 Å². The van der Waals surface area contributed by atoms with Crippen molar-refractivity contribution in [2.45, 2.75) is 209 Å². The third-order valence-corrected chi connectivity index (χ3v) is 27.9. The fourth-order valence-electron chi connectivity index (χ4n) is 23.2. The van der Waals surface area contributed by atoms with Crippen LogP contribution in [0.3, 0.4) is 0 Å². The fraction of sp³-hybridized carbons (Fsp3) is 0.721. The average molecular weight is 1430 g/mol. The van der Waals surface area contributed by atoms with Crippen molar-refractivity contribution in [3.63, 3.8) is 0 Å². The molecule has 3 N–H and O–H groups in total. The van der Waals surface area contributed by atoms with Gasteiger partial charge >= 0.3 is 17.9 Å². The third kappa shape index (κ3) is 14.8. The SMILES string of the molecule is COCCCCC1C(C)C(OC)CC1[C@@]1(C=O)CC2C=C(C(C)C)[C@@]1(C(=O)O)C2.COCCCCC1C(C)C(OC)CC1[C@@]1(C=O)CC2C=C(C(C)C)[C@@]1(C(=O)OCc1ccc(OC)cc1)C2.COc1ccc(COC(=O)[C@@]23CC(C=C2C(C)C)C[C@]3(C=O)C2CC(O)C(C)C2CCCCO)cc1. The van der Waals surface area contributed by atoms with Crippen LogP contribution in [0.25, 0.3) is 0 Å². The molecule has 2 aromatic carbocycles. The number of carboxylic acid groups (broad SMARTS) is 1. The van der Waals surface area contributed by atoms with E-state index < -0.39 is 44.6 Å². The molecule has 572 valence electrons. The summed E-state index contributed by atoms with van der Waals surface area (Å²) >= 11 is 0. The van der Waals surface area contributed by atoms with Gasteiger partial charge in [0.1, 0.15) is 59.8 Å². The number of esters is 2. The van der Waals surface area contributed by atoms with E-state index in [0.717, 1.165) is 136 Å². The highest BCUT2D eigenvalue weighted by atomic mass is 16.5. The number of aliphatic carboxylic acids is 1. The van der Waals surface area contributed by atoms with Gasteiger partial charge in [-0.2, -0.15) is 0 Å². The quantitative estimate of drug-likeness (QED) is 0.0256. The van der Waals surface area contributed by atoms with Crippen LogP contribution in [0.5, 0.6) is 11.5 Å². The van der Waals surface area contributed by atoms with E-state index in [1.165, 1.54) is 0 Å². The Balaban J connectivity index is 0.000000181. The van der Waals surface area contributed by atoms with Crippen molar-refractivity contribution in [3.8, 4) is 11.5 Å². The fourth-order valence-corrected chi connectivity index (χ4v) is 23.2. The second-order valence-electron chi connectivity index (χ2n) is 33.6. The molecule has 21 atom stereocenters. The number of hydrogen-bond donors (Lipinski definition) is 3. The standard InChI is InChI=1S/C32H46O6.C30H42O6.C24H38O5/c1-21(2)27-15-24-17-31(20-33,28-16-29(37-6)22(3)26(28)9-7-8-14-35-4)32(27,18-24)30(34)38-19-23-10-12-25(36-5)13-11-23;1-19(2)25-13-22-15-29(18-32,26-14-27(33)20(3)24(26)7-5-6-12-31)30(25,16-22)28(34)36-17-21-8-10-23(35-4)11-9-21;1-15(2)19-10-17-12-23(14-25,24(19,13-17)22(26)27)20-11-21(29-5)16(3)18(20)8-6-7-9-28-4/h10-13,15,20-22,24,26,28-29H,7-9,14,16-19H2,1-6H3;8-11,13,18-20,22,24,26-27,31,33H,5-7,12,14-17H2,1-4H3;10,14-18,20-21H,6-9,11-13H2,1-5H3,(H,26,27)/t22?,24?,26?,28?,29?,31-,32+;20?,22?,24?,26?,27?,29-,30+;16?,17?,18?,20?,21?,23-,24+/m000/s1. The number of aliphatic hydroxyl groups is 2. The summed E-state index contributed by atoms with van der Waals surface area (Å²) in [4.78, 5) is 80.8. The van der Waals surface area contributed by atoms with E-state index in [2.05, 4.69) is 80.5 Å². The van der Waals surface area contributed by atoms with Crippen molar-refractivity contribution in [3.05, 3.63) is 94.6 Å². The van der Waals surface area contributed by atoms with Crippen molar-refractivity contribution in [2.24, 2.45) is 121 Å². The van der Waals surface area contributed by atoms with E-state index in [0.29, 0.717) is 75.0 Å². The van der Waals surface area contributed by atoms with Gasteiger partial charge in [-0.3, -0.25) is 14.4 Å². The first kappa shape index (κ1) is 81.5. The first-order valence-corrected chi connectivity index (χ1v) is 39.0. The summed E-state index contributed by atoms with van der Waals surface area (Å²) in [6.07, 6.45) is 24.0. The number of carbonyl (C=O) groups is 6. The highest BCUT2D eigenvalue weighted by Crippen LogP contribution is 2.74. The van der Waals surface area contributed by atoms with Gasteiger partial charge in [-0.15, -0.1) is 0 Å². The van der Waals surface area contributed by atoms with Crippen molar-refractivity contribution in [2.75, 3.05) is 62.5 Å². The number of carboxylic acids is 1. The molecule has 15 unspecified atom stereocenters. The number of unbranched alkanes of at least 4 members (excludes halogenated alkanes) is 3. The van der Waals surface area contributed by atoms with Gasteiger partial charge in [0.05, 0.1) is 32.5 Å². The van der Waals surface area contributed by atoms with Crippen molar-refractivity contribution in [1.29, 1.82) is 0 Å². The lowest BCUT2D eigenvalue weighted by Crippen LogP contribution is -2.53. The lowest BCUT2D eigenvalue weighted by Gasteiger charge is -2.49. The van der Waals surface area contributed by atoms with Crippen molar-refractivity contribution in [1.82, 2.24) is 0 Å². The van der Waals surface area contributed by atoms with E-state index in [1.54, 1.807) is 42.7 Å². The Labute approximate surface area is 615 Å². The van der Waals surface area contributed by atoms with Crippen LogP contribution in [-0.2, 0) is 70.4 Å². The summed E-state index contributed by atoms with van der Waals surface area (Å²) < 4.78 is 44.9. The molecule has 0 heterocycles. The topological polar surface area (TPSA) is 237 Å². The highest BCUT2D eigenvalue weighted by molar-refractivity contribution is 5.91. The van der Waals surface area contributed by atoms with Crippen molar-refractivity contribution >= 4 is 36.8 Å². The summed E-state index contributed by atoms with van der Waals surface area (Å²) in [6, 6.07) is 15.0. The van der Waals surface area contributed by atoms with Gasteiger partial charge in [0, 0.05) is 64.5 Å². The molecule has 9 aliphatic carbocycles. The molecule has 0 spiro atoms. The number of rotatable bonds is 34. The Morgan fingerprint density at radius 1 is 0.476 bits per heavy atom. The average Bonchev–Trinajstić information content (AvgIpc) is 1.54. The van der Waals surface area contributed by atoms with E-state index in [4.69, 9.17) is 37.9 Å². The maximum Gasteiger partial charge on any atom is 0.317 e. The van der Waals surface area contributed by atoms with E-state index in [1.807, 2.05) is 48.5 Å². The molecule has 17 heteroatoms. The molecule has 0 radical (unpaired) electrons. The van der Waals surface area contributed by atoms with Gasteiger partial charge < -0.3 is 67.6 Å². The Morgan fingerprint density at radius 3 is 1.15 bits per heavy atom. The number of hydrogen-bond acceptors (Lipinski definition) is 16. The Kier molecular flexibility index (Phi) is 27.3. The Bertz CT molecular complexity index is 3300. The summed E-state index contributed by atoms with van der Waals surface area (Å²) in [6.45, 7) is 21.0. The van der Waals surface area contributed by atoms with Crippen LogP contribution in [-0.4, -0.2) is 133 Å². The highest BCUT2D eigenvalue weighted by Gasteiger charge is 2.75. The minimum atomic E-state index is -1.05. The van der Waals surface area contributed by atoms with Gasteiger partial charge in [-0.05, 0) is 220 Å². The monoisotopic (exact) mass is 1430 g/mol. The molecule has 103 heavy (non-hydrogen) atoms. The summed E-state index contributed by atoms with van der Waals surface area (Å²) in [7, 11) is 10.2. The molecule has 6 bridgehead atoms. The van der Waals surface area contributed by atoms with Crippen LogP contribution in [0.15, 0.2) is 83.5 Å². The third-order valence-electron chi connectivity index (χ3n) is 27.9. The number of allylic oxidation sites excluding steroid dienone is 3. The molecule has 0 saturated heterocycles. The molecule has 6 saturated carbocycles. The largest absolute Gasteiger partial charge is 0.497 e. The zero-order chi connectivity index (χ0) is 75.0. The maximum absolute atomic E-state index is 14.3. The zero-order valence-corrected chi connectivity index (χ0v) is 64.8. The zero-order valence-electron chi connectivity index (χ0n) is 64.8. The van der Waals surface area contributed by atoms with Gasteiger partial charge in [0.2, 0.25) is 0 Å². The van der Waals surface area contributed by atoms with E-state index >= 15 is 0 Å². The van der Waals surface area contributed by atoms with Crippen LogP contribution in [0.4, 0.5) is 0 Å². The molecule has 0 aliphatic heterocycles. The van der Waals surface area contributed by atoms with Gasteiger partial charge in [-0.1, -0.05) is 141 Å². The molecule has 9 aliphatic rings. The van der Waals surface area contributed by atoms with Crippen LogP contribution in [0.1, 0.15) is 189 Å². The minimum absolute atomic E-state index is 0.0449. The number of aliphatic hydroxyl groups excluding tert-OH is 2. The Morgan fingerprint density at radius 2 is 0.816 bits per heavy atom. The molecule has 11 rings (SSSR count). The first-order chi connectivity index (χ1) is 49.3. The lowest BCUT2D eigenvalue weighted by molar-refractivity contribution is -0.167. The smallest absolute Gasteiger partial charge is 0.317 e. The van der Waals surface area contributed by atoms with Crippen LogP contribution < -0.4 is 9.47 Å². The van der Waals surface area contributed by atoms with Crippen molar-refractivity contribution < 1.29 is 82.0 Å². The normalized spacial score (nSPS) is 36.4.